The molecule has 0 saturated carbocycles. The Labute approximate surface area is 113 Å². The van der Waals surface area contributed by atoms with Gasteiger partial charge in [0, 0.05) is 11.9 Å². The third-order valence-electron chi connectivity index (χ3n) is 2.87. The van der Waals surface area contributed by atoms with E-state index in [1.807, 2.05) is 0 Å². The molecule has 0 aliphatic carbocycles. The average molecular weight is 283 g/mol. The lowest BCUT2D eigenvalue weighted by atomic mass is 10.2. The van der Waals surface area contributed by atoms with E-state index in [-0.39, 0.29) is 27.1 Å². The Morgan fingerprint density at radius 1 is 1.15 bits per heavy atom. The summed E-state index contributed by atoms with van der Waals surface area (Å²) in [7, 11) is 0. The van der Waals surface area contributed by atoms with Gasteiger partial charge in [0.1, 0.15) is 5.75 Å². The normalized spacial score (nSPS) is 11.4. The maximum Gasteiger partial charge on any atom is 0.488 e. The summed E-state index contributed by atoms with van der Waals surface area (Å²) in [6, 6.07) is 8.20. The molecule has 3 nitrogen and oxygen atoms in total. The maximum absolute atomic E-state index is 12.7. The van der Waals surface area contributed by atoms with Crippen molar-refractivity contribution in [3.05, 3.63) is 53.3 Å². The molecule has 0 radical (unpaired) electrons. The van der Waals surface area contributed by atoms with E-state index in [0.717, 1.165) is 6.20 Å². The van der Waals surface area contributed by atoms with E-state index in [1.54, 1.807) is 30.3 Å². The van der Waals surface area contributed by atoms with Gasteiger partial charge in [-0.2, -0.15) is 0 Å². The molecule has 1 aromatic heterocycles. The number of halogens is 3. The molecule has 0 atom stereocenters. The van der Waals surface area contributed by atoms with Crippen LogP contribution in [0.4, 0.5) is 13.2 Å². The van der Waals surface area contributed by atoms with E-state index < -0.39 is 12.3 Å². The van der Waals surface area contributed by atoms with Gasteiger partial charge >= 0.3 is 12.3 Å². The standard InChI is InChI=1S/C14H12F3NO2/c1-9-8-18(14(15,16)17)10(2)12(9)13(19)20-11-6-4-3-5-7-11/h3-8H,1-2H3. The molecule has 106 valence electrons. The second-order valence-corrected chi connectivity index (χ2v) is 4.31. The van der Waals surface area contributed by atoms with Crippen LogP contribution in [0.5, 0.6) is 5.75 Å². The van der Waals surface area contributed by atoms with Crippen molar-refractivity contribution < 1.29 is 22.7 Å². The Hall–Kier alpha value is -2.24. The number of aromatic nitrogens is 1. The summed E-state index contributed by atoms with van der Waals surface area (Å²) >= 11 is 0. The van der Waals surface area contributed by atoms with E-state index in [2.05, 4.69) is 0 Å². The highest BCUT2D eigenvalue weighted by atomic mass is 19.4. The van der Waals surface area contributed by atoms with Gasteiger partial charge in [-0.05, 0) is 31.5 Å². The summed E-state index contributed by atoms with van der Waals surface area (Å²) in [5.74, 6) is -0.509. The van der Waals surface area contributed by atoms with E-state index in [4.69, 9.17) is 4.74 Å². The SMILES string of the molecule is Cc1cn(C(F)(F)F)c(C)c1C(=O)Oc1ccccc1. The predicted molar refractivity (Wildman–Crippen MR) is 66.6 cm³/mol. The number of aryl methyl sites for hydroxylation is 1. The van der Waals surface area contributed by atoms with E-state index in [0.29, 0.717) is 0 Å². The Bertz CT molecular complexity index is 630. The minimum Gasteiger partial charge on any atom is -0.423 e. The maximum atomic E-state index is 12.7. The fourth-order valence-corrected chi connectivity index (χ4v) is 1.98. The molecule has 0 bridgehead atoms. The first-order chi connectivity index (χ1) is 9.30. The highest BCUT2D eigenvalue weighted by Crippen LogP contribution is 2.29. The van der Waals surface area contributed by atoms with Gasteiger partial charge in [-0.15, -0.1) is 13.2 Å². The summed E-state index contributed by atoms with van der Waals surface area (Å²) in [6.07, 6.45) is -3.67. The second kappa shape index (κ2) is 5.03. The molecule has 0 aliphatic heterocycles. The molecule has 1 aromatic carbocycles. The van der Waals surface area contributed by atoms with Crippen molar-refractivity contribution in [1.29, 1.82) is 0 Å². The van der Waals surface area contributed by atoms with Crippen LogP contribution >= 0.6 is 0 Å². The smallest absolute Gasteiger partial charge is 0.423 e. The quantitative estimate of drug-likeness (QED) is 0.620. The van der Waals surface area contributed by atoms with Gasteiger partial charge in [-0.1, -0.05) is 18.2 Å². The lowest BCUT2D eigenvalue weighted by Gasteiger charge is -2.10. The van der Waals surface area contributed by atoms with Crippen LogP contribution in [0.1, 0.15) is 21.6 Å². The van der Waals surface area contributed by atoms with Crippen LogP contribution in [0, 0.1) is 13.8 Å². The lowest BCUT2D eigenvalue weighted by molar-refractivity contribution is -0.204. The zero-order valence-electron chi connectivity index (χ0n) is 10.9. The molecule has 0 unspecified atom stereocenters. The molecule has 0 fully saturated rings. The number of hydrogen-bond acceptors (Lipinski definition) is 2. The van der Waals surface area contributed by atoms with E-state index in [1.165, 1.54) is 13.8 Å². The first kappa shape index (κ1) is 14.2. The number of hydrogen-bond donors (Lipinski definition) is 0. The number of alkyl halides is 3. The van der Waals surface area contributed by atoms with Gasteiger partial charge < -0.3 is 4.74 Å². The molecule has 0 saturated heterocycles. The van der Waals surface area contributed by atoms with Crippen molar-refractivity contribution >= 4 is 5.97 Å². The van der Waals surface area contributed by atoms with Crippen LogP contribution < -0.4 is 4.74 Å². The minimum atomic E-state index is -4.56. The van der Waals surface area contributed by atoms with Gasteiger partial charge in [-0.3, -0.25) is 4.57 Å². The summed E-state index contributed by atoms with van der Waals surface area (Å²) in [5.41, 5.74) is -0.0251. The molecule has 2 aromatic rings. The number of carbonyl (C=O) groups excluding carboxylic acids is 1. The highest BCUT2D eigenvalue weighted by Gasteiger charge is 2.34. The predicted octanol–water partition coefficient (Wildman–Crippen LogP) is 3.80. The summed E-state index contributed by atoms with van der Waals surface area (Å²) in [5, 5.41) is 0. The number of nitrogens with zero attached hydrogens (tertiary/aromatic N) is 1. The lowest BCUT2D eigenvalue weighted by Crippen LogP contribution is -2.18. The van der Waals surface area contributed by atoms with Crippen molar-refractivity contribution in [2.45, 2.75) is 20.1 Å². The van der Waals surface area contributed by atoms with Crippen molar-refractivity contribution in [1.82, 2.24) is 4.57 Å². The number of rotatable bonds is 2. The molecule has 6 heteroatoms. The number of carbonyl (C=O) groups is 1. The molecular formula is C14H12F3NO2. The molecular weight excluding hydrogens is 271 g/mol. The van der Waals surface area contributed by atoms with E-state index in [9.17, 15) is 18.0 Å². The highest BCUT2D eigenvalue weighted by molar-refractivity contribution is 5.94. The molecule has 1 heterocycles. The summed E-state index contributed by atoms with van der Waals surface area (Å²) in [4.78, 5) is 12.0. The van der Waals surface area contributed by atoms with Crippen molar-refractivity contribution in [2.75, 3.05) is 0 Å². The summed E-state index contributed by atoms with van der Waals surface area (Å²) in [6.45, 7) is 2.68. The third-order valence-corrected chi connectivity index (χ3v) is 2.87. The Morgan fingerprint density at radius 3 is 2.25 bits per heavy atom. The molecule has 2 rings (SSSR count). The number of ether oxygens (including phenoxy) is 1. The van der Waals surface area contributed by atoms with Crippen LogP contribution in [-0.2, 0) is 6.30 Å². The largest absolute Gasteiger partial charge is 0.488 e. The van der Waals surface area contributed by atoms with Crippen molar-refractivity contribution in [2.24, 2.45) is 0 Å². The first-order valence-electron chi connectivity index (χ1n) is 5.83. The van der Waals surface area contributed by atoms with Gasteiger partial charge in [0.2, 0.25) is 0 Å². The molecule has 0 amide bonds. The second-order valence-electron chi connectivity index (χ2n) is 4.31. The van der Waals surface area contributed by atoms with Gasteiger partial charge in [0.25, 0.3) is 0 Å². The van der Waals surface area contributed by atoms with Crippen LogP contribution in [-0.4, -0.2) is 10.5 Å². The Balaban J connectivity index is 2.34. The van der Waals surface area contributed by atoms with Gasteiger partial charge in [-0.25, -0.2) is 4.79 Å². The molecule has 20 heavy (non-hydrogen) atoms. The van der Waals surface area contributed by atoms with Crippen LogP contribution in [0.2, 0.25) is 0 Å². The molecule has 0 N–H and O–H groups in total. The van der Waals surface area contributed by atoms with Crippen LogP contribution in [0.25, 0.3) is 0 Å². The Kier molecular flexibility index (Phi) is 3.57. The number of para-hydroxylation sites is 1. The van der Waals surface area contributed by atoms with E-state index >= 15 is 0 Å². The number of benzene rings is 1. The van der Waals surface area contributed by atoms with Crippen molar-refractivity contribution in [3.8, 4) is 5.75 Å². The monoisotopic (exact) mass is 283 g/mol. The first-order valence-corrected chi connectivity index (χ1v) is 5.83. The fourth-order valence-electron chi connectivity index (χ4n) is 1.98. The van der Waals surface area contributed by atoms with Gasteiger partial charge in [0.15, 0.2) is 0 Å². The number of esters is 1. The van der Waals surface area contributed by atoms with Crippen LogP contribution in [0.15, 0.2) is 36.5 Å². The van der Waals surface area contributed by atoms with Crippen molar-refractivity contribution in [3.63, 3.8) is 0 Å². The minimum absolute atomic E-state index is 0.0637. The molecule has 0 spiro atoms. The van der Waals surface area contributed by atoms with Gasteiger partial charge in [0.05, 0.1) is 5.56 Å². The molecule has 0 aliphatic rings. The summed E-state index contributed by atoms with van der Waals surface area (Å²) < 4.78 is 43.4. The van der Waals surface area contributed by atoms with Crippen LogP contribution in [0.3, 0.4) is 0 Å². The third kappa shape index (κ3) is 2.68. The topological polar surface area (TPSA) is 31.2 Å². The zero-order chi connectivity index (χ0) is 14.9. The zero-order valence-corrected chi connectivity index (χ0v) is 10.9. The Morgan fingerprint density at radius 2 is 1.75 bits per heavy atom. The fraction of sp³-hybridized carbons (Fsp3) is 0.214. The average Bonchev–Trinajstić information content (AvgIpc) is 2.66.